The maximum Gasteiger partial charge on any atom is 0.305 e. The van der Waals surface area contributed by atoms with Crippen LogP contribution >= 0.6 is 0 Å². The second-order valence-electron chi connectivity index (χ2n) is 4.22. The third-order valence-electron chi connectivity index (χ3n) is 2.66. The van der Waals surface area contributed by atoms with Crippen LogP contribution in [-0.2, 0) is 9.59 Å². The summed E-state index contributed by atoms with van der Waals surface area (Å²) in [5.74, 6) is -0.553. The summed E-state index contributed by atoms with van der Waals surface area (Å²) in [6.07, 6.45) is -0.172. The predicted octanol–water partition coefficient (Wildman–Crippen LogP) is 1.74. The molecule has 0 saturated heterocycles. The number of rotatable bonds is 7. The molecule has 0 radical (unpaired) electrons. The molecule has 0 aromatic heterocycles. The van der Waals surface area contributed by atoms with Gasteiger partial charge in [0, 0.05) is 6.54 Å². The van der Waals surface area contributed by atoms with Crippen LogP contribution in [0.3, 0.4) is 0 Å². The third-order valence-corrected chi connectivity index (χ3v) is 2.66. The summed E-state index contributed by atoms with van der Waals surface area (Å²) in [4.78, 5) is 22.2. The van der Waals surface area contributed by atoms with E-state index in [0.717, 1.165) is 5.56 Å². The van der Waals surface area contributed by atoms with E-state index in [0.29, 0.717) is 12.2 Å². The number of para-hydroxylation sites is 1. The van der Waals surface area contributed by atoms with Crippen LogP contribution in [0.5, 0.6) is 5.75 Å². The molecule has 0 spiro atoms. The standard InChI is InChI=1S/C14H19NO4/c1-3-11(14(18)15-9-8-13(16)17)19-12-7-5-4-6-10(12)2/h4-7,11H,3,8-9H2,1-2H3,(H,15,18)(H,16,17). The summed E-state index contributed by atoms with van der Waals surface area (Å²) in [6, 6.07) is 7.46. The smallest absolute Gasteiger partial charge is 0.305 e. The number of amides is 1. The third kappa shape index (κ3) is 4.99. The zero-order valence-electron chi connectivity index (χ0n) is 11.2. The number of carbonyl (C=O) groups is 2. The molecule has 19 heavy (non-hydrogen) atoms. The minimum absolute atomic E-state index is 0.0907. The van der Waals surface area contributed by atoms with Crippen molar-refractivity contribution in [1.82, 2.24) is 5.32 Å². The molecule has 0 fully saturated rings. The van der Waals surface area contributed by atoms with E-state index in [2.05, 4.69) is 5.32 Å². The number of hydrogen-bond donors (Lipinski definition) is 2. The number of aryl methyl sites for hydroxylation is 1. The van der Waals surface area contributed by atoms with Crippen LogP contribution in [0, 0.1) is 6.92 Å². The van der Waals surface area contributed by atoms with E-state index in [1.807, 2.05) is 38.1 Å². The summed E-state index contributed by atoms with van der Waals surface area (Å²) in [5.41, 5.74) is 0.958. The Balaban J connectivity index is 2.55. The highest BCUT2D eigenvalue weighted by Gasteiger charge is 2.18. The molecule has 0 aliphatic rings. The highest BCUT2D eigenvalue weighted by atomic mass is 16.5. The fourth-order valence-corrected chi connectivity index (χ4v) is 1.57. The molecule has 1 atom stereocenters. The molecule has 5 heteroatoms. The van der Waals surface area contributed by atoms with Crippen LogP contribution in [0.2, 0.25) is 0 Å². The first kappa shape index (κ1) is 15.0. The summed E-state index contributed by atoms with van der Waals surface area (Å²) < 4.78 is 5.65. The van der Waals surface area contributed by atoms with Crippen molar-refractivity contribution >= 4 is 11.9 Å². The highest BCUT2D eigenvalue weighted by molar-refractivity contribution is 5.81. The lowest BCUT2D eigenvalue weighted by molar-refractivity contribution is -0.137. The van der Waals surface area contributed by atoms with Gasteiger partial charge in [0.15, 0.2) is 6.10 Å². The average Bonchev–Trinajstić information content (AvgIpc) is 2.37. The molecule has 5 nitrogen and oxygen atoms in total. The molecular formula is C14H19NO4. The maximum atomic E-state index is 11.8. The van der Waals surface area contributed by atoms with E-state index in [9.17, 15) is 9.59 Å². The first-order valence-electron chi connectivity index (χ1n) is 6.26. The minimum Gasteiger partial charge on any atom is -0.481 e. The maximum absolute atomic E-state index is 11.8. The predicted molar refractivity (Wildman–Crippen MR) is 71.1 cm³/mol. The number of aliphatic carboxylic acids is 1. The summed E-state index contributed by atoms with van der Waals surface area (Å²) in [7, 11) is 0. The zero-order chi connectivity index (χ0) is 14.3. The van der Waals surface area contributed by atoms with Gasteiger partial charge in [-0.15, -0.1) is 0 Å². The molecule has 2 N–H and O–H groups in total. The Kier molecular flexibility index (Phi) is 5.85. The van der Waals surface area contributed by atoms with Crippen molar-refractivity contribution in [3.8, 4) is 5.75 Å². The van der Waals surface area contributed by atoms with Gasteiger partial charge in [-0.2, -0.15) is 0 Å². The van der Waals surface area contributed by atoms with E-state index < -0.39 is 12.1 Å². The van der Waals surface area contributed by atoms with Crippen molar-refractivity contribution in [2.45, 2.75) is 32.8 Å². The monoisotopic (exact) mass is 265 g/mol. The first-order valence-corrected chi connectivity index (χ1v) is 6.26. The molecule has 0 bridgehead atoms. The van der Waals surface area contributed by atoms with Crippen molar-refractivity contribution in [3.05, 3.63) is 29.8 Å². The summed E-state index contributed by atoms with van der Waals surface area (Å²) in [6.45, 7) is 3.87. The van der Waals surface area contributed by atoms with Crippen molar-refractivity contribution < 1.29 is 19.4 Å². The average molecular weight is 265 g/mol. The Morgan fingerprint density at radius 1 is 1.37 bits per heavy atom. The van der Waals surface area contributed by atoms with Gasteiger partial charge < -0.3 is 15.2 Å². The molecule has 1 unspecified atom stereocenters. The van der Waals surface area contributed by atoms with Crippen LogP contribution < -0.4 is 10.1 Å². The number of ether oxygens (including phenoxy) is 1. The number of carboxylic acid groups (broad SMARTS) is 1. The Bertz CT molecular complexity index is 445. The molecule has 0 aliphatic carbocycles. The number of hydrogen-bond acceptors (Lipinski definition) is 3. The molecule has 0 heterocycles. The molecule has 104 valence electrons. The molecule has 1 aromatic rings. The second kappa shape index (κ2) is 7.41. The Morgan fingerprint density at radius 2 is 2.05 bits per heavy atom. The van der Waals surface area contributed by atoms with Crippen LogP contribution in [0.15, 0.2) is 24.3 Å². The zero-order valence-corrected chi connectivity index (χ0v) is 11.2. The second-order valence-corrected chi connectivity index (χ2v) is 4.22. The number of carboxylic acids is 1. The highest BCUT2D eigenvalue weighted by Crippen LogP contribution is 2.18. The molecule has 1 aromatic carbocycles. The quantitative estimate of drug-likeness (QED) is 0.787. The van der Waals surface area contributed by atoms with E-state index in [-0.39, 0.29) is 18.9 Å². The molecule has 1 rings (SSSR count). The van der Waals surface area contributed by atoms with Gasteiger partial charge in [0.25, 0.3) is 5.91 Å². The summed E-state index contributed by atoms with van der Waals surface area (Å²) in [5, 5.41) is 11.1. The van der Waals surface area contributed by atoms with Gasteiger partial charge in [0.2, 0.25) is 0 Å². The van der Waals surface area contributed by atoms with Gasteiger partial charge in [-0.05, 0) is 25.0 Å². The molecule has 0 aliphatic heterocycles. The molecule has 0 saturated carbocycles. The number of carbonyl (C=O) groups excluding carboxylic acids is 1. The van der Waals surface area contributed by atoms with Crippen molar-refractivity contribution in [2.24, 2.45) is 0 Å². The molecule has 1 amide bonds. The van der Waals surface area contributed by atoms with E-state index >= 15 is 0 Å². The van der Waals surface area contributed by atoms with Gasteiger partial charge in [0.1, 0.15) is 5.75 Å². The van der Waals surface area contributed by atoms with Gasteiger partial charge in [-0.25, -0.2) is 0 Å². The lowest BCUT2D eigenvalue weighted by Crippen LogP contribution is -2.39. The van der Waals surface area contributed by atoms with Crippen LogP contribution in [0.4, 0.5) is 0 Å². The first-order chi connectivity index (χ1) is 9.04. The van der Waals surface area contributed by atoms with E-state index in [1.165, 1.54) is 0 Å². The van der Waals surface area contributed by atoms with Gasteiger partial charge in [-0.3, -0.25) is 9.59 Å². The minimum atomic E-state index is -0.937. The van der Waals surface area contributed by atoms with Crippen LogP contribution in [0.25, 0.3) is 0 Å². The van der Waals surface area contributed by atoms with Crippen molar-refractivity contribution in [2.75, 3.05) is 6.54 Å². The lowest BCUT2D eigenvalue weighted by atomic mass is 10.2. The van der Waals surface area contributed by atoms with Crippen LogP contribution in [-0.4, -0.2) is 29.6 Å². The fraction of sp³-hybridized carbons (Fsp3) is 0.429. The normalized spacial score (nSPS) is 11.7. The van der Waals surface area contributed by atoms with Gasteiger partial charge >= 0.3 is 5.97 Å². The fourth-order valence-electron chi connectivity index (χ4n) is 1.57. The topological polar surface area (TPSA) is 75.6 Å². The number of nitrogens with one attached hydrogen (secondary N) is 1. The Labute approximate surface area is 112 Å². The van der Waals surface area contributed by atoms with Gasteiger partial charge in [0.05, 0.1) is 6.42 Å². The van der Waals surface area contributed by atoms with Gasteiger partial charge in [-0.1, -0.05) is 25.1 Å². The largest absolute Gasteiger partial charge is 0.481 e. The van der Waals surface area contributed by atoms with E-state index in [4.69, 9.17) is 9.84 Å². The molecular weight excluding hydrogens is 246 g/mol. The Morgan fingerprint density at radius 3 is 2.63 bits per heavy atom. The summed E-state index contributed by atoms with van der Waals surface area (Å²) >= 11 is 0. The van der Waals surface area contributed by atoms with E-state index in [1.54, 1.807) is 0 Å². The Hall–Kier alpha value is -2.04. The van der Waals surface area contributed by atoms with Crippen molar-refractivity contribution in [3.63, 3.8) is 0 Å². The van der Waals surface area contributed by atoms with Crippen molar-refractivity contribution in [1.29, 1.82) is 0 Å². The SMILES string of the molecule is CCC(Oc1ccccc1C)C(=O)NCCC(=O)O. The van der Waals surface area contributed by atoms with Crippen LogP contribution in [0.1, 0.15) is 25.3 Å². The number of benzene rings is 1. The lowest BCUT2D eigenvalue weighted by Gasteiger charge is -2.18.